The largest absolute Gasteiger partial charge is 0.143 e. The van der Waals surface area contributed by atoms with E-state index in [1.54, 1.807) is 0 Å². The number of alkyl halides is 1. The van der Waals surface area contributed by atoms with Gasteiger partial charge in [0.2, 0.25) is 0 Å². The molecule has 0 saturated heterocycles. The van der Waals surface area contributed by atoms with Crippen LogP contribution in [0.5, 0.6) is 0 Å². The van der Waals surface area contributed by atoms with Crippen LogP contribution in [0, 0.1) is 0 Å². The van der Waals surface area contributed by atoms with Crippen LogP contribution in [0.1, 0.15) is 5.56 Å². The zero-order chi connectivity index (χ0) is 10.3. The summed E-state index contributed by atoms with van der Waals surface area (Å²) in [6.45, 7) is 0. The summed E-state index contributed by atoms with van der Waals surface area (Å²) in [6, 6.07) is 13.1. The summed E-state index contributed by atoms with van der Waals surface area (Å²) in [6.07, 6.45) is 0. The molecule has 0 aliphatic heterocycles. The van der Waals surface area contributed by atoms with Crippen molar-refractivity contribution in [2.75, 3.05) is 0 Å². The van der Waals surface area contributed by atoms with Crippen molar-refractivity contribution < 1.29 is 0 Å². The highest BCUT2D eigenvalue weighted by atomic mass is 79.9. The van der Waals surface area contributed by atoms with Crippen molar-refractivity contribution in [2.24, 2.45) is 0 Å². The van der Waals surface area contributed by atoms with E-state index in [1.165, 1.54) is 26.4 Å². The molecule has 15 heavy (non-hydrogen) atoms. The minimum atomic E-state index is 0.922. The third-order valence-electron chi connectivity index (χ3n) is 2.69. The van der Waals surface area contributed by atoms with E-state index in [2.05, 4.69) is 57.7 Å². The number of hydrogen-bond acceptors (Lipinski definition) is 1. The molecule has 0 atom stereocenters. The lowest BCUT2D eigenvalue weighted by Crippen LogP contribution is -1.80. The zero-order valence-corrected chi connectivity index (χ0v) is 10.4. The van der Waals surface area contributed by atoms with E-state index in [9.17, 15) is 0 Å². The summed E-state index contributed by atoms with van der Waals surface area (Å²) >= 11 is 5.38. The molecule has 0 amide bonds. The van der Waals surface area contributed by atoms with E-state index in [1.807, 2.05) is 11.3 Å². The van der Waals surface area contributed by atoms with Gasteiger partial charge in [0.05, 0.1) is 0 Å². The molecule has 3 aromatic rings. The van der Waals surface area contributed by atoms with E-state index in [4.69, 9.17) is 0 Å². The van der Waals surface area contributed by atoms with Crippen molar-refractivity contribution in [3.8, 4) is 0 Å². The lowest BCUT2D eigenvalue weighted by Gasteiger charge is -2.03. The molecule has 0 unspecified atom stereocenters. The average molecular weight is 277 g/mol. The molecule has 3 rings (SSSR count). The van der Waals surface area contributed by atoms with Crippen molar-refractivity contribution in [2.45, 2.75) is 5.33 Å². The first-order valence-corrected chi connectivity index (χ1v) is 6.84. The average Bonchev–Trinajstić information content (AvgIpc) is 2.77. The predicted octanol–water partition coefficient (Wildman–Crippen LogP) is 4.95. The summed E-state index contributed by atoms with van der Waals surface area (Å²) < 4.78 is 1.41. The lowest BCUT2D eigenvalue weighted by molar-refractivity contribution is 1.52. The fraction of sp³-hybridized carbons (Fsp3) is 0.0769. The first-order chi connectivity index (χ1) is 7.40. The minimum Gasteiger partial charge on any atom is -0.143 e. The Morgan fingerprint density at radius 2 is 1.93 bits per heavy atom. The standard InChI is InChI=1S/C13H9BrS/c14-8-10-7-9-3-1-2-4-11(9)13-12(10)5-6-15-13/h1-7H,8H2. The van der Waals surface area contributed by atoms with Crippen LogP contribution in [0.15, 0.2) is 41.8 Å². The highest BCUT2D eigenvalue weighted by Crippen LogP contribution is 2.33. The van der Waals surface area contributed by atoms with Gasteiger partial charge in [-0.05, 0) is 39.2 Å². The Hall–Kier alpha value is -0.860. The lowest BCUT2D eigenvalue weighted by atomic mass is 10.0. The summed E-state index contributed by atoms with van der Waals surface area (Å²) in [4.78, 5) is 0. The van der Waals surface area contributed by atoms with Crippen LogP contribution >= 0.6 is 27.3 Å². The molecule has 2 aromatic carbocycles. The Morgan fingerprint density at radius 3 is 2.80 bits per heavy atom. The SMILES string of the molecule is BrCc1cc2ccccc2c2sccc12. The summed E-state index contributed by atoms with van der Waals surface area (Å²) in [5.41, 5.74) is 1.38. The van der Waals surface area contributed by atoms with Crippen LogP contribution in [0.25, 0.3) is 20.9 Å². The fourth-order valence-corrected chi connectivity index (χ4v) is 3.42. The van der Waals surface area contributed by atoms with E-state index >= 15 is 0 Å². The van der Waals surface area contributed by atoms with Crippen LogP contribution in [0.4, 0.5) is 0 Å². The first kappa shape index (κ1) is 9.37. The molecule has 74 valence electrons. The van der Waals surface area contributed by atoms with E-state index in [0.29, 0.717) is 0 Å². The van der Waals surface area contributed by atoms with Crippen molar-refractivity contribution in [3.63, 3.8) is 0 Å². The monoisotopic (exact) mass is 276 g/mol. The third-order valence-corrected chi connectivity index (χ3v) is 4.24. The van der Waals surface area contributed by atoms with E-state index in [-0.39, 0.29) is 0 Å². The van der Waals surface area contributed by atoms with Crippen molar-refractivity contribution in [1.82, 2.24) is 0 Å². The molecule has 0 aliphatic rings. The molecule has 1 aromatic heterocycles. The Labute approximate surface area is 101 Å². The van der Waals surface area contributed by atoms with Crippen LogP contribution in [-0.2, 0) is 5.33 Å². The Bertz CT molecular complexity index is 625. The second kappa shape index (κ2) is 3.62. The van der Waals surface area contributed by atoms with Gasteiger partial charge in [0.25, 0.3) is 0 Å². The normalized spacial score (nSPS) is 11.3. The van der Waals surface area contributed by atoms with Crippen LogP contribution < -0.4 is 0 Å². The Morgan fingerprint density at radius 1 is 1.07 bits per heavy atom. The molecule has 0 saturated carbocycles. The van der Waals surface area contributed by atoms with Gasteiger partial charge in [0.15, 0.2) is 0 Å². The van der Waals surface area contributed by atoms with Gasteiger partial charge in [-0.2, -0.15) is 0 Å². The Kier molecular flexibility index (Phi) is 2.26. The van der Waals surface area contributed by atoms with Gasteiger partial charge in [-0.15, -0.1) is 11.3 Å². The first-order valence-electron chi connectivity index (χ1n) is 4.84. The van der Waals surface area contributed by atoms with Gasteiger partial charge in [-0.25, -0.2) is 0 Å². The van der Waals surface area contributed by atoms with E-state index in [0.717, 1.165) is 5.33 Å². The maximum absolute atomic E-state index is 3.55. The van der Waals surface area contributed by atoms with Crippen LogP contribution in [0.2, 0.25) is 0 Å². The summed E-state index contributed by atoms with van der Waals surface area (Å²) in [5.74, 6) is 0. The number of hydrogen-bond donors (Lipinski definition) is 0. The maximum atomic E-state index is 3.55. The topological polar surface area (TPSA) is 0 Å². The van der Waals surface area contributed by atoms with Crippen molar-refractivity contribution in [3.05, 3.63) is 47.3 Å². The van der Waals surface area contributed by atoms with Gasteiger partial charge in [-0.3, -0.25) is 0 Å². The van der Waals surface area contributed by atoms with Gasteiger partial charge < -0.3 is 0 Å². The molecule has 0 N–H and O–H groups in total. The third kappa shape index (κ3) is 1.40. The molecular weight excluding hydrogens is 268 g/mol. The van der Waals surface area contributed by atoms with Gasteiger partial charge in [0.1, 0.15) is 0 Å². The smallest absolute Gasteiger partial charge is 0.0424 e. The van der Waals surface area contributed by atoms with Crippen molar-refractivity contribution >= 4 is 48.1 Å². The number of benzene rings is 2. The minimum absolute atomic E-state index is 0.922. The highest BCUT2D eigenvalue weighted by molar-refractivity contribution is 9.08. The van der Waals surface area contributed by atoms with Crippen LogP contribution in [-0.4, -0.2) is 0 Å². The molecule has 0 fully saturated rings. The molecule has 0 nitrogen and oxygen atoms in total. The quantitative estimate of drug-likeness (QED) is 0.552. The number of rotatable bonds is 1. The number of fused-ring (bicyclic) bond motifs is 3. The number of halogens is 1. The van der Waals surface area contributed by atoms with Gasteiger partial charge >= 0.3 is 0 Å². The van der Waals surface area contributed by atoms with Gasteiger partial charge in [-0.1, -0.05) is 40.2 Å². The maximum Gasteiger partial charge on any atom is 0.0424 e. The molecule has 0 bridgehead atoms. The molecular formula is C13H9BrS. The Balaban J connectivity index is 2.57. The number of thiophene rings is 1. The van der Waals surface area contributed by atoms with E-state index < -0.39 is 0 Å². The highest BCUT2D eigenvalue weighted by Gasteiger charge is 2.05. The second-order valence-corrected chi connectivity index (χ2v) is 5.03. The summed E-state index contributed by atoms with van der Waals surface area (Å²) in [5, 5.41) is 7.18. The molecule has 1 heterocycles. The molecule has 0 spiro atoms. The molecule has 0 radical (unpaired) electrons. The fourth-order valence-electron chi connectivity index (χ4n) is 1.98. The zero-order valence-electron chi connectivity index (χ0n) is 8.03. The van der Waals surface area contributed by atoms with Gasteiger partial charge in [0, 0.05) is 10.0 Å². The second-order valence-electron chi connectivity index (χ2n) is 3.55. The predicted molar refractivity (Wildman–Crippen MR) is 72.0 cm³/mol. The summed E-state index contributed by atoms with van der Waals surface area (Å²) in [7, 11) is 0. The molecule has 0 aliphatic carbocycles. The van der Waals surface area contributed by atoms with Crippen LogP contribution in [0.3, 0.4) is 0 Å². The van der Waals surface area contributed by atoms with Crippen molar-refractivity contribution in [1.29, 1.82) is 0 Å². The molecule has 2 heteroatoms.